The first-order chi connectivity index (χ1) is 12.3. The summed E-state index contributed by atoms with van der Waals surface area (Å²) < 4.78 is 43.6. The summed E-state index contributed by atoms with van der Waals surface area (Å²) >= 11 is 5.91. The zero-order valence-electron chi connectivity index (χ0n) is 14.0. The molecule has 0 saturated carbocycles. The molecular formula is C14H18ClF3N4O3S. The van der Waals surface area contributed by atoms with Crippen LogP contribution in [-0.4, -0.2) is 45.9 Å². The number of aromatic nitrogens is 2. The van der Waals surface area contributed by atoms with Crippen LogP contribution in [-0.2, 0) is 15.7 Å². The molecule has 1 aliphatic heterocycles. The Hall–Kier alpha value is -1.62. The Morgan fingerprint density at radius 2 is 2.12 bits per heavy atom. The van der Waals surface area contributed by atoms with Crippen molar-refractivity contribution in [2.45, 2.75) is 51.4 Å². The number of carbonyl (C=O) groups is 2. The molecule has 146 valence electrons. The largest absolute Gasteiger partial charge is 0.445 e. The number of unbranched alkanes of at least 4 members (excludes halogenated alkanes) is 2. The normalized spacial score (nSPS) is 18.3. The van der Waals surface area contributed by atoms with Crippen LogP contribution < -0.4 is 4.90 Å². The Balaban J connectivity index is 2.19. The number of hydrogen-bond donors (Lipinski definition) is 0. The van der Waals surface area contributed by atoms with Crippen molar-refractivity contribution in [2.24, 2.45) is 0 Å². The van der Waals surface area contributed by atoms with E-state index in [0.717, 1.165) is 17.7 Å². The Kier molecular flexibility index (Phi) is 7.04. The van der Waals surface area contributed by atoms with E-state index in [2.05, 4.69) is 10.2 Å². The number of esters is 1. The number of ether oxygens (including phenoxy) is 1. The molecule has 1 unspecified atom stereocenters. The van der Waals surface area contributed by atoms with Crippen LogP contribution in [0.2, 0.25) is 0 Å². The quantitative estimate of drug-likeness (QED) is 0.293. The second-order valence-corrected chi connectivity index (χ2v) is 6.81. The van der Waals surface area contributed by atoms with E-state index < -0.39 is 29.4 Å². The molecule has 1 aromatic heterocycles. The molecule has 0 N–H and O–H groups in total. The molecule has 1 aromatic rings. The number of anilines is 1. The van der Waals surface area contributed by atoms with E-state index in [4.69, 9.17) is 16.3 Å². The van der Waals surface area contributed by atoms with Crippen LogP contribution in [0.15, 0.2) is 0 Å². The molecule has 0 aromatic carbocycles. The highest BCUT2D eigenvalue weighted by molar-refractivity contribution is 7.15. The van der Waals surface area contributed by atoms with Crippen LogP contribution in [0.5, 0.6) is 0 Å². The first-order valence-electron chi connectivity index (χ1n) is 8.02. The molecule has 2 rings (SSSR count). The van der Waals surface area contributed by atoms with Gasteiger partial charge in [0.1, 0.15) is 0 Å². The molecule has 2 heterocycles. The van der Waals surface area contributed by atoms with Crippen LogP contribution >= 0.6 is 22.9 Å². The summed E-state index contributed by atoms with van der Waals surface area (Å²) in [6, 6.07) is -0.820. The molecule has 26 heavy (non-hydrogen) atoms. The number of hydrogen-bond acceptors (Lipinski definition) is 6. The highest BCUT2D eigenvalue weighted by atomic mass is 35.5. The Bertz CT molecular complexity index is 643. The lowest BCUT2D eigenvalue weighted by Crippen LogP contribution is -2.55. The van der Waals surface area contributed by atoms with E-state index in [1.54, 1.807) is 0 Å². The number of rotatable bonds is 7. The molecule has 1 fully saturated rings. The average Bonchev–Trinajstić information content (AvgIpc) is 3.05. The summed E-state index contributed by atoms with van der Waals surface area (Å²) in [5.74, 6) is -0.513. The molecule has 2 amide bonds. The fraction of sp³-hybridized carbons (Fsp3) is 0.714. The van der Waals surface area contributed by atoms with E-state index in [1.807, 2.05) is 6.92 Å². The number of halogens is 4. The van der Waals surface area contributed by atoms with Crippen molar-refractivity contribution in [1.29, 1.82) is 0 Å². The lowest BCUT2D eigenvalue weighted by atomic mass is 10.2. The molecule has 12 heteroatoms. The first-order valence-corrected chi connectivity index (χ1v) is 9.37. The smallest absolute Gasteiger partial charge is 0.441 e. The summed E-state index contributed by atoms with van der Waals surface area (Å²) in [6.07, 6.45) is -2.90. The minimum atomic E-state index is -4.67. The second kappa shape index (κ2) is 8.85. The number of carbonyl (C=O) groups excluding carboxylic acids is 2. The summed E-state index contributed by atoms with van der Waals surface area (Å²) in [6.45, 7) is 2.21. The van der Waals surface area contributed by atoms with E-state index in [0.29, 0.717) is 6.42 Å². The first kappa shape index (κ1) is 20.7. The van der Waals surface area contributed by atoms with E-state index in [1.165, 1.54) is 4.90 Å². The third kappa shape index (κ3) is 4.97. The molecular weight excluding hydrogens is 397 g/mol. The zero-order chi connectivity index (χ0) is 19.3. The highest BCUT2D eigenvalue weighted by Gasteiger charge is 2.41. The van der Waals surface area contributed by atoms with E-state index in [9.17, 15) is 22.8 Å². The standard InChI is InChI=1S/C14H18ClF3N4O3S/c1-2-3-4-5-10(23)25-9-6-7-21(8-15)13(24)22(9)12-20-19-11(26-12)14(16,17)18/h9H,2-8H2,1H3. The van der Waals surface area contributed by atoms with Crippen molar-refractivity contribution in [3.8, 4) is 0 Å². The van der Waals surface area contributed by atoms with Gasteiger partial charge in [0.15, 0.2) is 6.23 Å². The Morgan fingerprint density at radius 3 is 2.69 bits per heavy atom. The highest BCUT2D eigenvalue weighted by Crippen LogP contribution is 2.36. The number of urea groups is 1. The molecule has 0 aliphatic carbocycles. The van der Waals surface area contributed by atoms with Gasteiger partial charge in [-0.3, -0.25) is 4.79 Å². The van der Waals surface area contributed by atoms with Gasteiger partial charge in [-0.2, -0.15) is 13.2 Å². The maximum Gasteiger partial charge on any atom is 0.445 e. The van der Waals surface area contributed by atoms with Gasteiger partial charge in [0.25, 0.3) is 0 Å². The predicted molar refractivity (Wildman–Crippen MR) is 88.9 cm³/mol. The Labute approximate surface area is 157 Å². The lowest BCUT2D eigenvalue weighted by molar-refractivity contribution is -0.149. The van der Waals surface area contributed by atoms with Gasteiger partial charge in [0.05, 0.1) is 6.00 Å². The fourth-order valence-electron chi connectivity index (χ4n) is 2.35. The number of alkyl halides is 4. The van der Waals surface area contributed by atoms with Crippen molar-refractivity contribution in [1.82, 2.24) is 15.1 Å². The maximum atomic E-state index is 12.8. The van der Waals surface area contributed by atoms with Crippen molar-refractivity contribution in [3.63, 3.8) is 0 Å². The molecule has 0 bridgehead atoms. The van der Waals surface area contributed by atoms with Crippen molar-refractivity contribution in [2.75, 3.05) is 17.4 Å². The average molecular weight is 415 g/mol. The predicted octanol–water partition coefficient (Wildman–Crippen LogP) is 3.83. The van der Waals surface area contributed by atoms with E-state index in [-0.39, 0.29) is 41.9 Å². The maximum absolute atomic E-state index is 12.8. The summed E-state index contributed by atoms with van der Waals surface area (Å²) in [5.41, 5.74) is 0. The van der Waals surface area contributed by atoms with Crippen LogP contribution in [0.25, 0.3) is 0 Å². The van der Waals surface area contributed by atoms with Crippen molar-refractivity contribution < 1.29 is 27.5 Å². The minimum Gasteiger partial charge on any atom is -0.441 e. The minimum absolute atomic E-state index is 0.141. The summed E-state index contributed by atoms with van der Waals surface area (Å²) in [5, 5.41) is 5.06. The van der Waals surface area contributed by atoms with Gasteiger partial charge in [-0.15, -0.1) is 21.8 Å². The van der Waals surface area contributed by atoms with Crippen LogP contribution in [0.4, 0.5) is 23.1 Å². The van der Waals surface area contributed by atoms with Crippen LogP contribution in [0.1, 0.15) is 44.0 Å². The van der Waals surface area contributed by atoms with Gasteiger partial charge >= 0.3 is 18.2 Å². The lowest BCUT2D eigenvalue weighted by Gasteiger charge is -2.38. The molecule has 1 saturated heterocycles. The molecule has 1 atom stereocenters. The monoisotopic (exact) mass is 414 g/mol. The van der Waals surface area contributed by atoms with Gasteiger partial charge in [-0.1, -0.05) is 31.1 Å². The van der Waals surface area contributed by atoms with Gasteiger partial charge in [0.2, 0.25) is 10.1 Å². The Morgan fingerprint density at radius 1 is 1.38 bits per heavy atom. The SMILES string of the molecule is CCCCCC(=O)OC1CCN(CCl)C(=O)N1c1nnc(C(F)(F)F)s1. The van der Waals surface area contributed by atoms with Crippen LogP contribution in [0, 0.1) is 0 Å². The van der Waals surface area contributed by atoms with E-state index >= 15 is 0 Å². The molecule has 1 aliphatic rings. The van der Waals surface area contributed by atoms with Gasteiger partial charge in [-0.25, -0.2) is 9.69 Å². The molecule has 0 radical (unpaired) electrons. The third-order valence-corrected chi connectivity index (χ3v) is 4.93. The zero-order valence-corrected chi connectivity index (χ0v) is 15.5. The fourth-order valence-corrected chi connectivity index (χ4v) is 3.32. The number of amides is 2. The second-order valence-electron chi connectivity index (χ2n) is 5.61. The van der Waals surface area contributed by atoms with Crippen LogP contribution in [0.3, 0.4) is 0 Å². The number of nitrogens with zero attached hydrogens (tertiary/aromatic N) is 4. The van der Waals surface area contributed by atoms with Crippen molar-refractivity contribution in [3.05, 3.63) is 5.01 Å². The van der Waals surface area contributed by atoms with Gasteiger partial charge in [0, 0.05) is 19.4 Å². The molecule has 0 spiro atoms. The topological polar surface area (TPSA) is 75.6 Å². The molecule has 7 nitrogen and oxygen atoms in total. The van der Waals surface area contributed by atoms with Gasteiger partial charge < -0.3 is 9.64 Å². The third-order valence-electron chi connectivity index (χ3n) is 3.67. The van der Waals surface area contributed by atoms with Gasteiger partial charge in [-0.05, 0) is 6.42 Å². The summed E-state index contributed by atoms with van der Waals surface area (Å²) in [7, 11) is 0. The van der Waals surface area contributed by atoms with Crippen molar-refractivity contribution >= 4 is 40.1 Å². The summed E-state index contributed by atoms with van der Waals surface area (Å²) in [4.78, 5) is 26.6.